The molecule has 1 unspecified atom stereocenters. The Labute approximate surface area is 165 Å². The second-order valence-electron chi connectivity index (χ2n) is 8.20. The first-order valence-corrected chi connectivity index (χ1v) is 9.94. The summed E-state index contributed by atoms with van der Waals surface area (Å²) in [4.78, 5) is 16.9. The van der Waals surface area contributed by atoms with Gasteiger partial charge in [-0.05, 0) is 37.9 Å². The van der Waals surface area contributed by atoms with E-state index < -0.39 is 0 Å². The minimum absolute atomic E-state index is 0.0620. The molecular formula is C22H27FN4O. The highest BCUT2D eigenvalue weighted by molar-refractivity contribution is 5.91. The van der Waals surface area contributed by atoms with Gasteiger partial charge in [-0.3, -0.25) is 14.4 Å². The molecule has 5 nitrogen and oxygen atoms in total. The molecule has 6 heteroatoms. The van der Waals surface area contributed by atoms with E-state index in [0.717, 1.165) is 56.6 Å². The Hall–Kier alpha value is -2.47. The maximum absolute atomic E-state index is 14.0. The van der Waals surface area contributed by atoms with Gasteiger partial charge in [0.05, 0.1) is 6.20 Å². The average molecular weight is 382 g/mol. The molecule has 0 radical (unpaired) electrons. The topological polar surface area (TPSA) is 41.4 Å². The quantitative estimate of drug-likeness (QED) is 0.763. The summed E-state index contributed by atoms with van der Waals surface area (Å²) in [7, 11) is 1.86. The zero-order valence-corrected chi connectivity index (χ0v) is 16.4. The van der Waals surface area contributed by atoms with Crippen LogP contribution in [0.2, 0.25) is 0 Å². The molecule has 1 aromatic carbocycles. The van der Waals surface area contributed by atoms with Crippen LogP contribution in [0.5, 0.6) is 0 Å². The number of rotatable bonds is 4. The van der Waals surface area contributed by atoms with Gasteiger partial charge in [-0.1, -0.05) is 18.2 Å². The van der Waals surface area contributed by atoms with Gasteiger partial charge in [-0.15, -0.1) is 0 Å². The average Bonchev–Trinajstić information content (AvgIpc) is 3.28. The molecule has 2 aromatic rings. The van der Waals surface area contributed by atoms with Crippen LogP contribution in [0.3, 0.4) is 0 Å². The summed E-state index contributed by atoms with van der Waals surface area (Å²) in [5, 5.41) is 4.12. The SMILES string of the molecule is Cn1cc(C=CC(=O)N2CCC3(CCCN(Cc4ccccc4F)C3)C2)cn1. The second kappa shape index (κ2) is 7.87. The predicted molar refractivity (Wildman–Crippen MR) is 107 cm³/mol. The van der Waals surface area contributed by atoms with E-state index >= 15 is 0 Å². The van der Waals surface area contributed by atoms with Crippen LogP contribution in [0.25, 0.3) is 6.08 Å². The van der Waals surface area contributed by atoms with Crippen LogP contribution in [-0.4, -0.2) is 51.7 Å². The highest BCUT2D eigenvalue weighted by Gasteiger charge is 2.42. The lowest BCUT2D eigenvalue weighted by Gasteiger charge is -2.40. The summed E-state index contributed by atoms with van der Waals surface area (Å²) in [5.41, 5.74) is 1.82. The summed E-state index contributed by atoms with van der Waals surface area (Å²) in [6.45, 7) is 4.15. The van der Waals surface area contributed by atoms with Crippen LogP contribution in [0.15, 0.2) is 42.7 Å². The molecule has 2 aliphatic rings. The van der Waals surface area contributed by atoms with Crippen molar-refractivity contribution in [1.82, 2.24) is 19.6 Å². The van der Waals surface area contributed by atoms with Crippen molar-refractivity contribution in [1.29, 1.82) is 0 Å². The number of piperidine rings is 1. The predicted octanol–water partition coefficient (Wildman–Crippen LogP) is 3.09. The first-order valence-electron chi connectivity index (χ1n) is 9.94. The zero-order chi connectivity index (χ0) is 19.6. The third kappa shape index (κ3) is 4.17. The van der Waals surface area contributed by atoms with E-state index in [4.69, 9.17) is 0 Å². The molecule has 1 atom stereocenters. The minimum Gasteiger partial charge on any atom is -0.339 e. The van der Waals surface area contributed by atoms with E-state index in [1.54, 1.807) is 23.0 Å². The lowest BCUT2D eigenvalue weighted by molar-refractivity contribution is -0.125. The molecule has 0 N–H and O–H groups in total. The summed E-state index contributed by atoms with van der Waals surface area (Å²) in [6.07, 6.45) is 10.4. The fourth-order valence-corrected chi connectivity index (χ4v) is 4.57. The molecular weight excluding hydrogens is 355 g/mol. The summed E-state index contributed by atoms with van der Waals surface area (Å²) in [5.74, 6) is -0.0714. The van der Waals surface area contributed by atoms with E-state index in [2.05, 4.69) is 10.00 Å². The normalized spacial score (nSPS) is 23.1. The first kappa shape index (κ1) is 18.9. The van der Waals surface area contributed by atoms with E-state index in [0.29, 0.717) is 6.54 Å². The van der Waals surface area contributed by atoms with Crippen LogP contribution in [0.4, 0.5) is 4.39 Å². The molecule has 0 aliphatic carbocycles. The number of halogens is 1. The molecule has 3 heterocycles. The lowest BCUT2D eigenvalue weighted by atomic mass is 9.79. The number of carbonyl (C=O) groups is 1. The van der Waals surface area contributed by atoms with Gasteiger partial charge in [0, 0.05) is 62.0 Å². The number of benzene rings is 1. The molecule has 2 aliphatic heterocycles. The highest BCUT2D eigenvalue weighted by atomic mass is 19.1. The van der Waals surface area contributed by atoms with Crippen LogP contribution < -0.4 is 0 Å². The van der Waals surface area contributed by atoms with Crippen molar-refractivity contribution in [3.8, 4) is 0 Å². The van der Waals surface area contributed by atoms with Crippen molar-refractivity contribution in [2.24, 2.45) is 12.5 Å². The van der Waals surface area contributed by atoms with Gasteiger partial charge in [-0.25, -0.2) is 4.39 Å². The summed E-state index contributed by atoms with van der Waals surface area (Å²) in [6, 6.07) is 7.02. The molecule has 28 heavy (non-hydrogen) atoms. The van der Waals surface area contributed by atoms with E-state index in [-0.39, 0.29) is 17.1 Å². The molecule has 0 bridgehead atoms. The van der Waals surface area contributed by atoms with Gasteiger partial charge in [0.1, 0.15) is 5.82 Å². The molecule has 1 amide bonds. The number of hydrogen-bond acceptors (Lipinski definition) is 3. The number of aryl methyl sites for hydroxylation is 1. The van der Waals surface area contributed by atoms with Crippen molar-refractivity contribution in [2.45, 2.75) is 25.8 Å². The maximum Gasteiger partial charge on any atom is 0.246 e. The van der Waals surface area contributed by atoms with Crippen LogP contribution in [-0.2, 0) is 18.4 Å². The zero-order valence-electron chi connectivity index (χ0n) is 16.4. The third-order valence-electron chi connectivity index (χ3n) is 5.99. The van der Waals surface area contributed by atoms with Gasteiger partial charge >= 0.3 is 0 Å². The van der Waals surface area contributed by atoms with Crippen molar-refractivity contribution >= 4 is 12.0 Å². The molecule has 148 valence electrons. The van der Waals surface area contributed by atoms with Crippen molar-refractivity contribution in [3.05, 3.63) is 59.7 Å². The Balaban J connectivity index is 1.37. The van der Waals surface area contributed by atoms with Crippen LogP contribution >= 0.6 is 0 Å². The van der Waals surface area contributed by atoms with Gasteiger partial charge in [0.25, 0.3) is 0 Å². The smallest absolute Gasteiger partial charge is 0.246 e. The number of hydrogen-bond donors (Lipinski definition) is 0. The number of likely N-dealkylation sites (tertiary alicyclic amines) is 2. The van der Waals surface area contributed by atoms with Crippen LogP contribution in [0.1, 0.15) is 30.4 Å². The molecule has 2 saturated heterocycles. The Bertz CT molecular complexity index is 877. The standard InChI is InChI=1S/C22H27FN4O/c1-25-14-18(13-24-25)7-8-21(28)27-12-10-22(17-27)9-4-11-26(16-22)15-19-5-2-3-6-20(19)23/h2-3,5-8,13-14H,4,9-12,15-17H2,1H3. The summed E-state index contributed by atoms with van der Waals surface area (Å²) >= 11 is 0. The number of carbonyl (C=O) groups excluding carboxylic acids is 1. The van der Waals surface area contributed by atoms with Crippen molar-refractivity contribution in [2.75, 3.05) is 26.2 Å². The Morgan fingerprint density at radius 3 is 2.89 bits per heavy atom. The Morgan fingerprint density at radius 1 is 1.25 bits per heavy atom. The number of aromatic nitrogens is 2. The Kier molecular flexibility index (Phi) is 5.31. The number of amides is 1. The first-order chi connectivity index (χ1) is 13.5. The largest absolute Gasteiger partial charge is 0.339 e. The van der Waals surface area contributed by atoms with Gasteiger partial charge < -0.3 is 4.90 Å². The van der Waals surface area contributed by atoms with E-state index in [1.165, 1.54) is 6.07 Å². The van der Waals surface area contributed by atoms with Crippen molar-refractivity contribution in [3.63, 3.8) is 0 Å². The molecule has 0 saturated carbocycles. The van der Waals surface area contributed by atoms with Crippen LogP contribution in [0, 0.1) is 11.2 Å². The number of nitrogens with zero attached hydrogens (tertiary/aromatic N) is 4. The van der Waals surface area contributed by atoms with Crippen molar-refractivity contribution < 1.29 is 9.18 Å². The van der Waals surface area contributed by atoms with Gasteiger partial charge in [0.15, 0.2) is 0 Å². The molecule has 1 spiro atoms. The fourth-order valence-electron chi connectivity index (χ4n) is 4.57. The van der Waals surface area contributed by atoms with Gasteiger partial charge in [0.2, 0.25) is 5.91 Å². The lowest BCUT2D eigenvalue weighted by Crippen LogP contribution is -2.44. The highest BCUT2D eigenvalue weighted by Crippen LogP contribution is 2.39. The maximum atomic E-state index is 14.0. The minimum atomic E-state index is -0.133. The molecule has 4 rings (SSSR count). The van der Waals surface area contributed by atoms with Gasteiger partial charge in [-0.2, -0.15) is 5.10 Å². The molecule has 1 aromatic heterocycles. The van der Waals surface area contributed by atoms with E-state index in [1.807, 2.05) is 36.4 Å². The molecule has 2 fully saturated rings. The monoisotopic (exact) mass is 382 g/mol. The summed E-state index contributed by atoms with van der Waals surface area (Å²) < 4.78 is 15.7. The second-order valence-corrected chi connectivity index (χ2v) is 8.20. The van der Waals surface area contributed by atoms with E-state index in [9.17, 15) is 9.18 Å². The Morgan fingerprint density at radius 2 is 2.11 bits per heavy atom. The third-order valence-corrected chi connectivity index (χ3v) is 5.99. The fraction of sp³-hybridized carbons (Fsp3) is 0.455.